The Morgan fingerprint density at radius 1 is 1.36 bits per heavy atom. The van der Waals surface area contributed by atoms with Crippen LogP contribution in [0.15, 0.2) is 18.3 Å². The average Bonchev–Trinajstić information content (AvgIpc) is 2.93. The lowest BCUT2D eigenvalue weighted by Crippen LogP contribution is -2.20. The van der Waals surface area contributed by atoms with Crippen LogP contribution in [0.1, 0.15) is 48.3 Å². The maximum absolute atomic E-state index is 12.2. The van der Waals surface area contributed by atoms with Crippen LogP contribution >= 0.6 is 0 Å². The molecule has 1 aliphatic rings. The van der Waals surface area contributed by atoms with Gasteiger partial charge in [0.2, 0.25) is 11.8 Å². The normalized spacial score (nSPS) is 15.5. The number of rotatable bonds is 4. The number of carbonyl (C=O) groups is 1. The first kappa shape index (κ1) is 14.5. The zero-order valence-corrected chi connectivity index (χ0v) is 12.5. The smallest absolute Gasteiger partial charge is 0.258 e. The molecule has 0 bridgehead atoms. The molecule has 116 valence electrons. The third-order valence-corrected chi connectivity index (χ3v) is 3.66. The predicted octanol–water partition coefficient (Wildman–Crippen LogP) is 2.47. The molecule has 2 N–H and O–H groups in total. The number of hydrogen-bond acceptors (Lipinski definition) is 5. The number of ether oxygens (including phenoxy) is 1. The van der Waals surface area contributed by atoms with Gasteiger partial charge in [-0.15, -0.1) is 5.10 Å². The van der Waals surface area contributed by atoms with Crippen LogP contribution < -0.4 is 10.1 Å². The van der Waals surface area contributed by atoms with Crippen molar-refractivity contribution >= 4 is 11.9 Å². The van der Waals surface area contributed by atoms with E-state index in [2.05, 4.69) is 25.5 Å². The van der Waals surface area contributed by atoms with Gasteiger partial charge < -0.3 is 4.74 Å². The van der Waals surface area contributed by atoms with Gasteiger partial charge in [-0.3, -0.25) is 15.2 Å². The zero-order chi connectivity index (χ0) is 15.4. The second-order valence-corrected chi connectivity index (χ2v) is 5.46. The number of aryl methyl sites for hydroxylation is 1. The molecule has 1 fully saturated rings. The predicted molar refractivity (Wildman–Crippen MR) is 80.8 cm³/mol. The lowest BCUT2D eigenvalue weighted by atomic mass is 9.98. The lowest BCUT2D eigenvalue weighted by molar-refractivity contribution is 0.102. The molecule has 0 aromatic carbocycles. The van der Waals surface area contributed by atoms with Crippen molar-refractivity contribution in [2.24, 2.45) is 0 Å². The molecule has 1 aliphatic carbocycles. The number of hydrogen-bond donors (Lipinski definition) is 2. The van der Waals surface area contributed by atoms with Gasteiger partial charge in [-0.2, -0.15) is 4.98 Å². The van der Waals surface area contributed by atoms with Crippen molar-refractivity contribution in [1.82, 2.24) is 20.2 Å². The Hall–Kier alpha value is -2.44. The quantitative estimate of drug-likeness (QED) is 0.905. The standard InChI is InChI=1S/C15H19N5O2/c1-10-17-15(20-19-10)18-14(21)11-7-8-16-13(9-11)22-12-5-3-2-4-6-12/h7-9,12H,2-6H2,1H3,(H2,17,18,19,20,21). The molecule has 2 aromatic rings. The SMILES string of the molecule is Cc1nc(NC(=O)c2ccnc(OC3CCCCC3)c2)n[nH]1. The Morgan fingerprint density at radius 3 is 2.91 bits per heavy atom. The molecule has 0 radical (unpaired) electrons. The van der Waals surface area contributed by atoms with Gasteiger partial charge in [0, 0.05) is 17.8 Å². The first-order chi connectivity index (χ1) is 10.7. The van der Waals surface area contributed by atoms with Crippen LogP contribution in [0, 0.1) is 6.92 Å². The summed E-state index contributed by atoms with van der Waals surface area (Å²) in [6.45, 7) is 1.77. The van der Waals surface area contributed by atoms with E-state index in [9.17, 15) is 4.79 Å². The van der Waals surface area contributed by atoms with Crippen molar-refractivity contribution < 1.29 is 9.53 Å². The van der Waals surface area contributed by atoms with E-state index in [4.69, 9.17) is 4.74 Å². The molecule has 3 rings (SSSR count). The molecule has 7 heteroatoms. The highest BCUT2D eigenvalue weighted by Gasteiger charge is 2.16. The zero-order valence-electron chi connectivity index (χ0n) is 12.5. The molecule has 22 heavy (non-hydrogen) atoms. The molecule has 0 spiro atoms. The van der Waals surface area contributed by atoms with Gasteiger partial charge in [0.05, 0.1) is 0 Å². The first-order valence-corrected chi connectivity index (χ1v) is 7.54. The van der Waals surface area contributed by atoms with E-state index in [1.54, 1.807) is 25.3 Å². The van der Waals surface area contributed by atoms with E-state index in [-0.39, 0.29) is 18.0 Å². The molecule has 0 unspecified atom stereocenters. The minimum atomic E-state index is -0.283. The molecule has 2 aromatic heterocycles. The van der Waals surface area contributed by atoms with Gasteiger partial charge in [-0.25, -0.2) is 4.98 Å². The highest BCUT2D eigenvalue weighted by Crippen LogP contribution is 2.22. The minimum absolute atomic E-state index is 0.204. The number of aromatic amines is 1. The summed E-state index contributed by atoms with van der Waals surface area (Å²) in [7, 11) is 0. The largest absolute Gasteiger partial charge is 0.474 e. The van der Waals surface area contributed by atoms with Gasteiger partial charge in [0.15, 0.2) is 0 Å². The van der Waals surface area contributed by atoms with Crippen LogP contribution in [0.4, 0.5) is 5.95 Å². The number of pyridine rings is 1. The van der Waals surface area contributed by atoms with Gasteiger partial charge in [-0.1, -0.05) is 6.42 Å². The third kappa shape index (κ3) is 3.60. The highest BCUT2D eigenvalue weighted by atomic mass is 16.5. The number of anilines is 1. The number of nitrogens with one attached hydrogen (secondary N) is 2. The lowest BCUT2D eigenvalue weighted by Gasteiger charge is -2.22. The van der Waals surface area contributed by atoms with Crippen LogP contribution in [0.5, 0.6) is 5.88 Å². The summed E-state index contributed by atoms with van der Waals surface area (Å²) in [5.74, 6) is 1.11. The highest BCUT2D eigenvalue weighted by molar-refractivity contribution is 6.03. The van der Waals surface area contributed by atoms with E-state index >= 15 is 0 Å². The van der Waals surface area contributed by atoms with Crippen molar-refractivity contribution in [3.63, 3.8) is 0 Å². The van der Waals surface area contributed by atoms with Crippen molar-refractivity contribution in [2.75, 3.05) is 5.32 Å². The summed E-state index contributed by atoms with van der Waals surface area (Å²) in [6.07, 6.45) is 7.53. The average molecular weight is 301 g/mol. The Labute approximate surface area is 128 Å². The van der Waals surface area contributed by atoms with E-state index in [0.29, 0.717) is 17.3 Å². The van der Waals surface area contributed by atoms with Gasteiger partial charge in [0.1, 0.15) is 11.9 Å². The summed E-state index contributed by atoms with van der Waals surface area (Å²) in [6, 6.07) is 3.30. The van der Waals surface area contributed by atoms with Gasteiger partial charge in [-0.05, 0) is 38.7 Å². The number of H-pyrrole nitrogens is 1. The maximum Gasteiger partial charge on any atom is 0.258 e. The molecule has 0 aliphatic heterocycles. The summed E-state index contributed by atoms with van der Waals surface area (Å²) in [5.41, 5.74) is 0.475. The molecule has 7 nitrogen and oxygen atoms in total. The molecule has 1 saturated carbocycles. The summed E-state index contributed by atoms with van der Waals surface area (Å²) >= 11 is 0. The molecule has 0 saturated heterocycles. The van der Waals surface area contributed by atoms with Crippen LogP contribution in [0.3, 0.4) is 0 Å². The number of amides is 1. The van der Waals surface area contributed by atoms with Crippen LogP contribution in [0.2, 0.25) is 0 Å². The third-order valence-electron chi connectivity index (χ3n) is 3.66. The Morgan fingerprint density at radius 2 is 2.18 bits per heavy atom. The van der Waals surface area contributed by atoms with Crippen LogP contribution in [-0.2, 0) is 0 Å². The number of aromatic nitrogens is 4. The van der Waals surface area contributed by atoms with Crippen molar-refractivity contribution in [2.45, 2.75) is 45.1 Å². The van der Waals surface area contributed by atoms with Crippen molar-refractivity contribution in [1.29, 1.82) is 0 Å². The van der Waals surface area contributed by atoms with Crippen molar-refractivity contribution in [3.8, 4) is 5.88 Å². The number of carbonyl (C=O) groups excluding carboxylic acids is 1. The second kappa shape index (κ2) is 6.55. The minimum Gasteiger partial charge on any atom is -0.474 e. The monoisotopic (exact) mass is 301 g/mol. The second-order valence-electron chi connectivity index (χ2n) is 5.46. The van der Waals surface area contributed by atoms with Crippen molar-refractivity contribution in [3.05, 3.63) is 29.7 Å². The van der Waals surface area contributed by atoms with E-state index < -0.39 is 0 Å². The fraction of sp³-hybridized carbons (Fsp3) is 0.467. The summed E-state index contributed by atoms with van der Waals surface area (Å²) in [4.78, 5) is 20.4. The molecule has 2 heterocycles. The molecular formula is C15H19N5O2. The van der Waals surface area contributed by atoms with Crippen LogP contribution in [-0.4, -0.2) is 32.2 Å². The summed E-state index contributed by atoms with van der Waals surface area (Å²) in [5, 5.41) is 9.19. The topological polar surface area (TPSA) is 92.8 Å². The fourth-order valence-corrected chi connectivity index (χ4v) is 2.54. The summed E-state index contributed by atoms with van der Waals surface area (Å²) < 4.78 is 5.87. The Kier molecular flexibility index (Phi) is 4.32. The number of nitrogens with zero attached hydrogens (tertiary/aromatic N) is 3. The fourth-order valence-electron chi connectivity index (χ4n) is 2.54. The van der Waals surface area contributed by atoms with Gasteiger partial charge >= 0.3 is 0 Å². The Bertz CT molecular complexity index is 649. The van der Waals surface area contributed by atoms with Crippen LogP contribution in [0.25, 0.3) is 0 Å². The molecule has 1 amide bonds. The molecule has 0 atom stereocenters. The Balaban J connectivity index is 1.66. The molecular weight excluding hydrogens is 282 g/mol. The van der Waals surface area contributed by atoms with Gasteiger partial charge in [0.25, 0.3) is 5.91 Å². The maximum atomic E-state index is 12.2. The first-order valence-electron chi connectivity index (χ1n) is 7.54. The van der Waals surface area contributed by atoms with E-state index in [0.717, 1.165) is 12.8 Å². The van der Waals surface area contributed by atoms with E-state index in [1.165, 1.54) is 19.3 Å². The van der Waals surface area contributed by atoms with E-state index in [1.807, 2.05) is 0 Å².